The van der Waals surface area contributed by atoms with Gasteiger partial charge < -0.3 is 9.72 Å². The first-order valence-electron chi connectivity index (χ1n) is 9.53. The molecule has 0 aliphatic heterocycles. The molecule has 2 heterocycles. The third-order valence-corrected chi connectivity index (χ3v) is 5.24. The van der Waals surface area contributed by atoms with E-state index in [0.29, 0.717) is 12.3 Å². The molecule has 2 aromatic heterocycles. The van der Waals surface area contributed by atoms with Gasteiger partial charge >= 0.3 is 0 Å². The van der Waals surface area contributed by atoms with Crippen LogP contribution >= 0.6 is 0 Å². The molecule has 134 valence electrons. The first-order valence-corrected chi connectivity index (χ1v) is 9.53. The number of amides is 1. The normalized spacial score (nSPS) is 15.3. The van der Waals surface area contributed by atoms with Gasteiger partial charge in [0.15, 0.2) is 0 Å². The summed E-state index contributed by atoms with van der Waals surface area (Å²) in [6, 6.07) is 12.0. The van der Waals surface area contributed by atoms with Crippen LogP contribution in [0.25, 0.3) is 16.9 Å². The summed E-state index contributed by atoms with van der Waals surface area (Å²) in [5.74, 6) is 0.674. The molecule has 4 rings (SSSR count). The zero-order valence-electron chi connectivity index (χ0n) is 15.2. The number of aromatic nitrogens is 2. The Morgan fingerprint density at radius 1 is 1.15 bits per heavy atom. The van der Waals surface area contributed by atoms with E-state index in [4.69, 9.17) is 0 Å². The van der Waals surface area contributed by atoms with E-state index in [1.165, 1.54) is 37.7 Å². The van der Waals surface area contributed by atoms with Crippen molar-refractivity contribution in [2.75, 3.05) is 5.32 Å². The predicted octanol–water partition coefficient (Wildman–Crippen LogP) is 5.22. The van der Waals surface area contributed by atoms with Crippen LogP contribution < -0.4 is 5.32 Å². The molecule has 0 bridgehead atoms. The Morgan fingerprint density at radius 3 is 2.85 bits per heavy atom. The molecular weight excluding hydrogens is 322 g/mol. The quantitative estimate of drug-likeness (QED) is 0.703. The number of fused-ring (bicyclic) bond motifs is 1. The van der Waals surface area contributed by atoms with Gasteiger partial charge in [-0.2, -0.15) is 0 Å². The van der Waals surface area contributed by atoms with Crippen LogP contribution in [0.4, 0.5) is 5.69 Å². The molecule has 1 aliphatic rings. The minimum atomic E-state index is 0.125. The number of anilines is 1. The largest absolute Gasteiger partial charge is 0.326 e. The smallest absolute Gasteiger partial charge is 0.224 e. The van der Waals surface area contributed by atoms with Crippen LogP contribution in [0.15, 0.2) is 48.8 Å². The second-order valence-corrected chi connectivity index (χ2v) is 7.44. The second-order valence-electron chi connectivity index (χ2n) is 7.44. The molecule has 4 nitrogen and oxygen atoms in total. The summed E-state index contributed by atoms with van der Waals surface area (Å²) in [5, 5.41) is 3.07. The molecule has 3 aromatic rings. The summed E-state index contributed by atoms with van der Waals surface area (Å²) in [7, 11) is 0. The minimum Gasteiger partial charge on any atom is -0.326 e. The first kappa shape index (κ1) is 16.8. The Morgan fingerprint density at radius 2 is 2.00 bits per heavy atom. The van der Waals surface area contributed by atoms with Gasteiger partial charge in [0, 0.05) is 30.1 Å². The fraction of sp³-hybridized carbons (Fsp3) is 0.364. The van der Waals surface area contributed by atoms with Crippen molar-refractivity contribution >= 4 is 17.2 Å². The van der Waals surface area contributed by atoms with Gasteiger partial charge in [-0.15, -0.1) is 0 Å². The molecule has 0 saturated heterocycles. The van der Waals surface area contributed by atoms with Crippen molar-refractivity contribution in [2.45, 2.75) is 45.4 Å². The monoisotopic (exact) mass is 347 g/mol. The Balaban J connectivity index is 1.49. The number of aryl methyl sites for hydroxylation is 1. The van der Waals surface area contributed by atoms with E-state index in [1.807, 2.05) is 40.9 Å². The van der Waals surface area contributed by atoms with Crippen molar-refractivity contribution in [1.29, 1.82) is 0 Å². The van der Waals surface area contributed by atoms with Crippen molar-refractivity contribution in [2.24, 2.45) is 5.92 Å². The van der Waals surface area contributed by atoms with Gasteiger partial charge in [0.2, 0.25) is 5.91 Å². The van der Waals surface area contributed by atoms with Crippen LogP contribution in [-0.2, 0) is 4.79 Å². The standard InChI is InChI=1S/C22H25N3O/c1-16-10-11-21-24-20(15-25(21)14-16)18-8-5-9-19(13-18)23-22(26)12-17-6-3-2-4-7-17/h5,8-11,13-15,17H,2-4,6-7,12H2,1H3,(H,23,26). The van der Waals surface area contributed by atoms with Crippen LogP contribution in [-0.4, -0.2) is 15.3 Å². The van der Waals surface area contributed by atoms with Crippen LogP contribution in [0, 0.1) is 12.8 Å². The Kier molecular flexibility index (Phi) is 4.74. The zero-order chi connectivity index (χ0) is 17.9. The van der Waals surface area contributed by atoms with Crippen LogP contribution in [0.2, 0.25) is 0 Å². The summed E-state index contributed by atoms with van der Waals surface area (Å²) in [6.07, 6.45) is 11.0. The van der Waals surface area contributed by atoms with E-state index in [9.17, 15) is 4.79 Å². The van der Waals surface area contributed by atoms with E-state index < -0.39 is 0 Å². The van der Waals surface area contributed by atoms with Crippen molar-refractivity contribution in [3.63, 3.8) is 0 Å². The average molecular weight is 347 g/mol. The van der Waals surface area contributed by atoms with Crippen molar-refractivity contribution in [1.82, 2.24) is 9.38 Å². The number of benzene rings is 1. The molecule has 1 amide bonds. The minimum absolute atomic E-state index is 0.125. The fourth-order valence-electron chi connectivity index (χ4n) is 3.86. The molecule has 0 spiro atoms. The number of imidazole rings is 1. The third-order valence-electron chi connectivity index (χ3n) is 5.24. The van der Waals surface area contributed by atoms with Gasteiger partial charge in [0.25, 0.3) is 0 Å². The average Bonchev–Trinajstić information content (AvgIpc) is 3.06. The summed E-state index contributed by atoms with van der Waals surface area (Å²) >= 11 is 0. The predicted molar refractivity (Wildman–Crippen MR) is 105 cm³/mol. The van der Waals surface area contributed by atoms with Crippen molar-refractivity contribution in [3.05, 3.63) is 54.4 Å². The van der Waals surface area contributed by atoms with Crippen LogP contribution in [0.5, 0.6) is 0 Å². The molecule has 0 radical (unpaired) electrons. The number of nitrogens with zero attached hydrogens (tertiary/aromatic N) is 2. The first-order chi connectivity index (χ1) is 12.7. The lowest BCUT2D eigenvalue weighted by Gasteiger charge is -2.20. The van der Waals surface area contributed by atoms with E-state index >= 15 is 0 Å². The van der Waals surface area contributed by atoms with E-state index in [2.05, 4.69) is 29.5 Å². The van der Waals surface area contributed by atoms with Crippen molar-refractivity contribution < 1.29 is 4.79 Å². The Labute approximate surface area is 154 Å². The van der Waals surface area contributed by atoms with Crippen LogP contribution in [0.3, 0.4) is 0 Å². The van der Waals surface area contributed by atoms with Crippen LogP contribution in [0.1, 0.15) is 44.1 Å². The summed E-state index contributed by atoms with van der Waals surface area (Å²) in [5.41, 5.74) is 4.90. The number of hydrogen-bond donors (Lipinski definition) is 1. The lowest BCUT2D eigenvalue weighted by atomic mass is 9.87. The molecule has 1 aromatic carbocycles. The van der Waals surface area contributed by atoms with Gasteiger partial charge in [-0.05, 0) is 49.4 Å². The van der Waals surface area contributed by atoms with E-state index in [0.717, 1.165) is 22.6 Å². The third kappa shape index (κ3) is 3.79. The molecule has 26 heavy (non-hydrogen) atoms. The maximum absolute atomic E-state index is 12.4. The maximum Gasteiger partial charge on any atom is 0.224 e. The zero-order valence-corrected chi connectivity index (χ0v) is 15.2. The maximum atomic E-state index is 12.4. The molecule has 0 atom stereocenters. The number of carbonyl (C=O) groups is 1. The molecule has 1 N–H and O–H groups in total. The summed E-state index contributed by atoms with van der Waals surface area (Å²) in [6.45, 7) is 2.07. The molecular formula is C22H25N3O. The highest BCUT2D eigenvalue weighted by molar-refractivity contribution is 5.91. The molecule has 1 fully saturated rings. The molecule has 4 heteroatoms. The van der Waals surface area contributed by atoms with Gasteiger partial charge in [-0.1, -0.05) is 37.5 Å². The van der Waals surface area contributed by atoms with Gasteiger partial charge in [0.05, 0.1) is 5.69 Å². The lowest BCUT2D eigenvalue weighted by Crippen LogP contribution is -2.18. The fourth-order valence-corrected chi connectivity index (χ4v) is 3.86. The van der Waals surface area contributed by atoms with Crippen molar-refractivity contribution in [3.8, 4) is 11.3 Å². The summed E-state index contributed by atoms with van der Waals surface area (Å²) in [4.78, 5) is 17.1. The highest BCUT2D eigenvalue weighted by Crippen LogP contribution is 2.27. The number of pyridine rings is 1. The SMILES string of the molecule is Cc1ccc2nc(-c3cccc(NC(=O)CC4CCCCC4)c3)cn2c1. The van der Waals surface area contributed by atoms with Gasteiger partial charge in [0.1, 0.15) is 5.65 Å². The lowest BCUT2D eigenvalue weighted by molar-refractivity contribution is -0.117. The highest BCUT2D eigenvalue weighted by atomic mass is 16.1. The number of hydrogen-bond acceptors (Lipinski definition) is 2. The van der Waals surface area contributed by atoms with Gasteiger partial charge in [-0.3, -0.25) is 4.79 Å². The van der Waals surface area contributed by atoms with Gasteiger partial charge in [-0.25, -0.2) is 4.98 Å². The molecule has 0 unspecified atom stereocenters. The second kappa shape index (κ2) is 7.32. The number of carbonyl (C=O) groups excluding carboxylic acids is 1. The Hall–Kier alpha value is -2.62. The summed E-state index contributed by atoms with van der Waals surface area (Å²) < 4.78 is 2.04. The van der Waals surface area contributed by atoms with E-state index in [1.54, 1.807) is 0 Å². The highest BCUT2D eigenvalue weighted by Gasteiger charge is 2.17. The number of nitrogens with one attached hydrogen (secondary N) is 1. The topological polar surface area (TPSA) is 46.4 Å². The number of rotatable bonds is 4. The van der Waals surface area contributed by atoms with E-state index in [-0.39, 0.29) is 5.91 Å². The molecule has 1 saturated carbocycles. The molecule has 1 aliphatic carbocycles. The Bertz CT molecular complexity index is 922.